The van der Waals surface area contributed by atoms with Crippen LogP contribution < -0.4 is 5.32 Å². The summed E-state index contributed by atoms with van der Waals surface area (Å²) in [6, 6.07) is 2.07. The minimum absolute atomic E-state index is 0.948. The van der Waals surface area contributed by atoms with Crippen molar-refractivity contribution in [1.29, 1.82) is 0 Å². The second-order valence-corrected chi connectivity index (χ2v) is 4.56. The third-order valence-electron chi connectivity index (χ3n) is 3.43. The van der Waals surface area contributed by atoms with Crippen LogP contribution in [0.25, 0.3) is 0 Å². The molecule has 1 aromatic heterocycles. The van der Waals surface area contributed by atoms with Crippen molar-refractivity contribution in [2.75, 3.05) is 6.54 Å². The van der Waals surface area contributed by atoms with Crippen LogP contribution in [-0.2, 0) is 13.6 Å². The van der Waals surface area contributed by atoms with Gasteiger partial charge in [0.1, 0.15) is 0 Å². The van der Waals surface area contributed by atoms with E-state index in [1.165, 1.54) is 37.8 Å². The van der Waals surface area contributed by atoms with E-state index in [1.54, 1.807) is 0 Å². The molecule has 1 aromatic rings. The van der Waals surface area contributed by atoms with E-state index in [0.29, 0.717) is 0 Å². The Hall–Kier alpha value is -0.830. The molecule has 1 fully saturated rings. The van der Waals surface area contributed by atoms with Crippen molar-refractivity contribution in [2.24, 2.45) is 13.0 Å². The standard InChI is InChI=1S/C12H21N3/c1-15-12(7-9-14-15)10-13-8-6-11-4-2-3-5-11/h7,9,11,13H,2-6,8,10H2,1H3. The first-order valence-electron chi connectivity index (χ1n) is 6.04. The maximum absolute atomic E-state index is 4.15. The number of rotatable bonds is 5. The van der Waals surface area contributed by atoms with E-state index in [2.05, 4.69) is 16.5 Å². The highest BCUT2D eigenvalue weighted by Gasteiger charge is 2.13. The van der Waals surface area contributed by atoms with Crippen LogP contribution in [0.3, 0.4) is 0 Å². The topological polar surface area (TPSA) is 29.9 Å². The maximum Gasteiger partial charge on any atom is 0.0518 e. The molecule has 0 unspecified atom stereocenters. The number of hydrogen-bond acceptors (Lipinski definition) is 2. The SMILES string of the molecule is Cn1nccc1CNCCC1CCCC1. The molecule has 1 aliphatic rings. The predicted octanol–water partition coefficient (Wildman–Crippen LogP) is 2.09. The Labute approximate surface area is 91.9 Å². The fraction of sp³-hybridized carbons (Fsp3) is 0.750. The average Bonchev–Trinajstić information content (AvgIpc) is 2.85. The van der Waals surface area contributed by atoms with E-state index in [4.69, 9.17) is 0 Å². The quantitative estimate of drug-likeness (QED) is 0.749. The van der Waals surface area contributed by atoms with Gasteiger partial charge in [-0.05, 0) is 24.9 Å². The van der Waals surface area contributed by atoms with Crippen LogP contribution in [0.4, 0.5) is 0 Å². The lowest BCUT2D eigenvalue weighted by atomic mass is 10.0. The Balaban J connectivity index is 1.60. The Morgan fingerprint density at radius 3 is 2.93 bits per heavy atom. The van der Waals surface area contributed by atoms with E-state index in [9.17, 15) is 0 Å². The Bertz CT molecular complexity index is 287. The fourth-order valence-electron chi connectivity index (χ4n) is 2.40. The first kappa shape index (κ1) is 10.7. The van der Waals surface area contributed by atoms with E-state index in [-0.39, 0.29) is 0 Å². The summed E-state index contributed by atoms with van der Waals surface area (Å²) in [6.45, 7) is 2.10. The molecule has 0 spiro atoms. The molecule has 0 amide bonds. The maximum atomic E-state index is 4.15. The smallest absolute Gasteiger partial charge is 0.0518 e. The van der Waals surface area contributed by atoms with Crippen LogP contribution >= 0.6 is 0 Å². The second-order valence-electron chi connectivity index (χ2n) is 4.56. The zero-order valence-electron chi connectivity index (χ0n) is 9.58. The van der Waals surface area contributed by atoms with Crippen molar-refractivity contribution >= 4 is 0 Å². The molecule has 1 N–H and O–H groups in total. The van der Waals surface area contributed by atoms with Gasteiger partial charge >= 0.3 is 0 Å². The van der Waals surface area contributed by atoms with Crippen molar-refractivity contribution in [2.45, 2.75) is 38.6 Å². The molecule has 0 aliphatic heterocycles. The summed E-state index contributed by atoms with van der Waals surface area (Å²) in [4.78, 5) is 0. The second kappa shape index (κ2) is 5.31. The van der Waals surface area contributed by atoms with Crippen molar-refractivity contribution in [1.82, 2.24) is 15.1 Å². The van der Waals surface area contributed by atoms with E-state index < -0.39 is 0 Å². The summed E-state index contributed by atoms with van der Waals surface area (Å²) < 4.78 is 1.93. The van der Waals surface area contributed by atoms with Crippen LogP contribution in [0.1, 0.15) is 37.8 Å². The first-order valence-corrected chi connectivity index (χ1v) is 6.04. The molecule has 1 saturated carbocycles. The van der Waals surface area contributed by atoms with Gasteiger partial charge in [-0.2, -0.15) is 5.10 Å². The molecule has 3 nitrogen and oxygen atoms in total. The molecular weight excluding hydrogens is 186 g/mol. The van der Waals surface area contributed by atoms with Crippen LogP contribution in [0, 0.1) is 5.92 Å². The van der Waals surface area contributed by atoms with Gasteiger partial charge < -0.3 is 5.32 Å². The number of hydrogen-bond donors (Lipinski definition) is 1. The van der Waals surface area contributed by atoms with Crippen molar-refractivity contribution < 1.29 is 0 Å². The summed E-state index contributed by atoms with van der Waals surface area (Å²) in [5.41, 5.74) is 1.27. The minimum atomic E-state index is 0.948. The van der Waals surface area contributed by atoms with Gasteiger partial charge in [0.2, 0.25) is 0 Å². The molecule has 3 heteroatoms. The summed E-state index contributed by atoms with van der Waals surface area (Å²) in [7, 11) is 1.99. The van der Waals surface area contributed by atoms with Gasteiger partial charge in [-0.1, -0.05) is 25.7 Å². The largest absolute Gasteiger partial charge is 0.311 e. The Morgan fingerprint density at radius 2 is 2.27 bits per heavy atom. The molecule has 0 saturated heterocycles. The number of nitrogens with one attached hydrogen (secondary N) is 1. The minimum Gasteiger partial charge on any atom is -0.311 e. The highest BCUT2D eigenvalue weighted by Crippen LogP contribution is 2.26. The lowest BCUT2D eigenvalue weighted by molar-refractivity contribution is 0.473. The molecule has 0 bridgehead atoms. The zero-order chi connectivity index (χ0) is 10.5. The van der Waals surface area contributed by atoms with Crippen LogP contribution in [0.2, 0.25) is 0 Å². The van der Waals surface area contributed by atoms with Crippen LogP contribution in [0.5, 0.6) is 0 Å². The molecule has 0 atom stereocenters. The van der Waals surface area contributed by atoms with Gasteiger partial charge in [0.05, 0.1) is 5.69 Å². The molecule has 1 heterocycles. The van der Waals surface area contributed by atoms with Gasteiger partial charge in [0.25, 0.3) is 0 Å². The zero-order valence-corrected chi connectivity index (χ0v) is 9.58. The Morgan fingerprint density at radius 1 is 1.47 bits per heavy atom. The van der Waals surface area contributed by atoms with Gasteiger partial charge in [0, 0.05) is 19.8 Å². The van der Waals surface area contributed by atoms with Gasteiger partial charge in [-0.15, -0.1) is 0 Å². The number of aromatic nitrogens is 2. The van der Waals surface area contributed by atoms with E-state index in [1.807, 2.05) is 17.9 Å². The average molecular weight is 207 g/mol. The van der Waals surface area contributed by atoms with Gasteiger partial charge in [0.15, 0.2) is 0 Å². The highest BCUT2D eigenvalue weighted by molar-refractivity contribution is 4.98. The Kier molecular flexibility index (Phi) is 3.78. The first-order chi connectivity index (χ1) is 7.36. The summed E-state index contributed by atoms with van der Waals surface area (Å²) in [5, 5.41) is 7.64. The normalized spacial score (nSPS) is 17.4. The molecule has 0 radical (unpaired) electrons. The third kappa shape index (κ3) is 3.06. The van der Waals surface area contributed by atoms with E-state index in [0.717, 1.165) is 19.0 Å². The summed E-state index contributed by atoms with van der Waals surface area (Å²) >= 11 is 0. The van der Waals surface area contributed by atoms with Gasteiger partial charge in [-0.3, -0.25) is 4.68 Å². The lowest BCUT2D eigenvalue weighted by Crippen LogP contribution is -2.18. The summed E-state index contributed by atoms with van der Waals surface area (Å²) in [6.07, 6.45) is 9.01. The third-order valence-corrected chi connectivity index (χ3v) is 3.43. The lowest BCUT2D eigenvalue weighted by Gasteiger charge is -2.09. The van der Waals surface area contributed by atoms with Crippen molar-refractivity contribution in [3.05, 3.63) is 18.0 Å². The van der Waals surface area contributed by atoms with Crippen molar-refractivity contribution in [3.8, 4) is 0 Å². The number of nitrogens with zero attached hydrogens (tertiary/aromatic N) is 2. The molecule has 15 heavy (non-hydrogen) atoms. The van der Waals surface area contributed by atoms with Crippen LogP contribution in [-0.4, -0.2) is 16.3 Å². The highest BCUT2D eigenvalue weighted by atomic mass is 15.3. The van der Waals surface area contributed by atoms with E-state index >= 15 is 0 Å². The van der Waals surface area contributed by atoms with Gasteiger partial charge in [-0.25, -0.2) is 0 Å². The molecule has 1 aliphatic carbocycles. The fourth-order valence-corrected chi connectivity index (χ4v) is 2.40. The number of aryl methyl sites for hydroxylation is 1. The molecule has 2 rings (SSSR count). The predicted molar refractivity (Wildman–Crippen MR) is 61.5 cm³/mol. The molecular formula is C12H21N3. The van der Waals surface area contributed by atoms with Crippen LogP contribution in [0.15, 0.2) is 12.3 Å². The monoisotopic (exact) mass is 207 g/mol. The van der Waals surface area contributed by atoms with Crippen molar-refractivity contribution in [3.63, 3.8) is 0 Å². The molecule has 84 valence electrons. The molecule has 0 aromatic carbocycles. The summed E-state index contributed by atoms with van der Waals surface area (Å²) in [5.74, 6) is 0.990.